The summed E-state index contributed by atoms with van der Waals surface area (Å²) in [7, 11) is -5.99. The van der Waals surface area contributed by atoms with E-state index in [1.165, 1.54) is 4.90 Å². The molecule has 5 aromatic rings. The number of rotatable bonds is 17. The lowest BCUT2D eigenvalue weighted by Crippen LogP contribution is -2.66. The van der Waals surface area contributed by atoms with E-state index in [0.29, 0.717) is 13.0 Å². The van der Waals surface area contributed by atoms with E-state index in [4.69, 9.17) is 36.7 Å². The van der Waals surface area contributed by atoms with Crippen molar-refractivity contribution in [2.24, 2.45) is 0 Å². The first-order valence-electron chi connectivity index (χ1n) is 25.0. The van der Waals surface area contributed by atoms with Gasteiger partial charge in [0.05, 0.1) is 19.3 Å². The van der Waals surface area contributed by atoms with E-state index in [2.05, 4.69) is 117 Å². The number of hydrogen-bond acceptors (Lipinski definition) is 11. The van der Waals surface area contributed by atoms with Crippen molar-refractivity contribution in [3.05, 3.63) is 150 Å². The van der Waals surface area contributed by atoms with E-state index < -0.39 is 71.4 Å². The lowest BCUT2D eigenvalue weighted by molar-refractivity contribution is -0.204. The van der Waals surface area contributed by atoms with Crippen molar-refractivity contribution < 1.29 is 46.2 Å². The molecule has 0 aliphatic carbocycles. The Kier molecular flexibility index (Phi) is 17.1. The maximum absolute atomic E-state index is 14.1. The minimum atomic E-state index is -3.12. The molecule has 70 heavy (non-hydrogen) atoms. The first-order chi connectivity index (χ1) is 33.6. The average molecular weight is 1010 g/mol. The lowest BCUT2D eigenvalue weighted by Gasteiger charge is -2.51. The van der Waals surface area contributed by atoms with E-state index >= 15 is 0 Å². The minimum absolute atomic E-state index is 0.0500. The number of fused-ring (bicyclic) bond motifs is 2. The molecule has 374 valence electrons. The topological polar surface area (TPSA) is 111 Å². The zero-order chi connectivity index (χ0) is 49.6. The number of hydrogen-bond donors (Lipinski definition) is 0. The summed E-state index contributed by atoms with van der Waals surface area (Å²) in [6, 6.07) is 41.1. The maximum Gasteiger partial charge on any atom is 0.410 e. The Bertz CT molecular complexity index is 2420. The maximum atomic E-state index is 14.1. The first-order valence-corrected chi connectivity index (χ1v) is 29.8. The number of likely N-dealkylation sites (tertiary alicyclic amines) is 1. The van der Waals surface area contributed by atoms with Crippen molar-refractivity contribution in [2.75, 3.05) is 13.2 Å². The minimum Gasteiger partial charge on any atom is -0.459 e. The standard InChI is InChI=1S/C56H71NO10SSi2/c1-37(2)69(38(3)4)62-36-50-52(66-70(67-69,39(5)6)40(7)8)53(55(64-50)68-48-28-24-41(9)25-29-48)65-51(31-44-26-27-45-22-16-17-23-46(45)30-44)63-47-32-49(54(58)60-34-42-18-12-10-13-19-42)57(33-47)56(59)61-35-43-20-14-11-15-21-43/h10-30,37-40,47,49-53,55H,31-36H2,1-9H3/t47-,49+,50+,51-,52+,53-,55-/m1/s1. The Morgan fingerprint density at radius 1 is 0.686 bits per heavy atom. The second kappa shape index (κ2) is 23.0. The summed E-state index contributed by atoms with van der Waals surface area (Å²) in [6.45, 7) is 20.3. The largest absolute Gasteiger partial charge is 0.459 e. The summed E-state index contributed by atoms with van der Waals surface area (Å²) in [5, 5.41) is 2.22. The molecule has 0 N–H and O–H groups in total. The Morgan fingerprint density at radius 3 is 1.91 bits per heavy atom. The molecule has 3 fully saturated rings. The van der Waals surface area contributed by atoms with Crippen molar-refractivity contribution in [2.45, 2.75) is 158 Å². The molecule has 1 amide bonds. The molecule has 3 aliphatic rings. The molecule has 0 unspecified atom stereocenters. The van der Waals surface area contributed by atoms with Crippen LogP contribution >= 0.6 is 11.8 Å². The van der Waals surface area contributed by atoms with Crippen LogP contribution in [0.1, 0.15) is 84.1 Å². The number of carbonyl (C=O) groups is 2. The highest BCUT2D eigenvalue weighted by molar-refractivity contribution is 7.99. The SMILES string of the molecule is Cc1ccc(S[C@H]2O[C@H]3CO[Si](C(C)C)(C(C)C)O[Si](C(C)C)(C(C)C)O[C@@H]3[C@H]2O[C@H](Cc2ccc3ccccc3c2)O[C@@H]2C[C@@H](C(=O)OCc3ccccc3)N(C(=O)OCc3ccccc3)C2)cc1. The van der Waals surface area contributed by atoms with Crippen LogP contribution in [0.25, 0.3) is 10.8 Å². The Labute approximate surface area is 421 Å². The summed E-state index contributed by atoms with van der Waals surface area (Å²) < 4.78 is 56.0. The van der Waals surface area contributed by atoms with Crippen LogP contribution in [0, 0.1) is 6.92 Å². The van der Waals surface area contributed by atoms with Crippen LogP contribution in [0.2, 0.25) is 22.2 Å². The van der Waals surface area contributed by atoms with Gasteiger partial charge in [-0.05, 0) is 68.7 Å². The van der Waals surface area contributed by atoms with E-state index in [1.54, 1.807) is 11.8 Å². The fourth-order valence-electron chi connectivity index (χ4n) is 10.1. The molecule has 3 saturated heterocycles. The van der Waals surface area contributed by atoms with Gasteiger partial charge in [-0.25, -0.2) is 9.59 Å². The molecule has 0 spiro atoms. The van der Waals surface area contributed by atoms with Crippen LogP contribution in [0.15, 0.2) is 132 Å². The smallest absolute Gasteiger partial charge is 0.410 e. The van der Waals surface area contributed by atoms with Crippen molar-refractivity contribution in [3.63, 3.8) is 0 Å². The summed E-state index contributed by atoms with van der Waals surface area (Å²) in [5.74, 6) is -0.533. The Balaban J connectivity index is 1.15. The zero-order valence-electron chi connectivity index (χ0n) is 42.2. The number of carbonyl (C=O) groups excluding carboxylic acids is 2. The third-order valence-electron chi connectivity index (χ3n) is 13.9. The quantitative estimate of drug-likeness (QED) is 0.0504. The van der Waals surface area contributed by atoms with Gasteiger partial charge < -0.3 is 36.7 Å². The van der Waals surface area contributed by atoms with Crippen LogP contribution in [0.3, 0.4) is 0 Å². The molecular weight excluding hydrogens is 935 g/mol. The predicted octanol–water partition coefficient (Wildman–Crippen LogP) is 12.4. The highest BCUT2D eigenvalue weighted by atomic mass is 32.2. The third-order valence-corrected chi connectivity index (χ3v) is 25.3. The van der Waals surface area contributed by atoms with Gasteiger partial charge in [-0.2, -0.15) is 0 Å². The fourth-order valence-corrected chi connectivity index (χ4v) is 22.4. The van der Waals surface area contributed by atoms with Gasteiger partial charge in [0.2, 0.25) is 0 Å². The van der Waals surface area contributed by atoms with Crippen LogP contribution < -0.4 is 0 Å². The average Bonchev–Trinajstić information content (AvgIpc) is 3.90. The molecule has 11 nitrogen and oxygen atoms in total. The second-order valence-corrected chi connectivity index (χ2v) is 30.3. The van der Waals surface area contributed by atoms with Gasteiger partial charge in [-0.3, -0.25) is 4.90 Å². The molecule has 0 saturated carbocycles. The number of benzene rings is 5. The van der Waals surface area contributed by atoms with Gasteiger partial charge in [-0.15, -0.1) is 0 Å². The molecule has 5 aromatic carbocycles. The molecular formula is C56H71NO10SSi2. The van der Waals surface area contributed by atoms with Crippen molar-refractivity contribution in [1.82, 2.24) is 4.90 Å². The van der Waals surface area contributed by atoms with Gasteiger partial charge in [0.25, 0.3) is 0 Å². The number of nitrogens with zero attached hydrogens (tertiary/aromatic N) is 1. The van der Waals surface area contributed by atoms with Gasteiger partial charge in [0, 0.05) is 17.7 Å². The predicted molar refractivity (Wildman–Crippen MR) is 279 cm³/mol. The second-order valence-electron chi connectivity index (χ2n) is 20.2. The Morgan fingerprint density at radius 2 is 1.29 bits per heavy atom. The first kappa shape index (κ1) is 52.0. The number of ether oxygens (including phenoxy) is 5. The molecule has 8 rings (SSSR count). The van der Waals surface area contributed by atoms with Crippen LogP contribution in [-0.2, 0) is 61.1 Å². The van der Waals surface area contributed by atoms with Crippen molar-refractivity contribution in [1.29, 1.82) is 0 Å². The molecule has 14 heteroatoms. The lowest BCUT2D eigenvalue weighted by atomic mass is 10.0. The number of thioether (sulfide) groups is 1. The molecule has 0 bridgehead atoms. The number of esters is 1. The highest BCUT2D eigenvalue weighted by Crippen LogP contribution is 2.49. The normalized spacial score (nSPS) is 23.6. The molecule has 0 aromatic heterocycles. The van der Waals surface area contributed by atoms with E-state index in [0.717, 1.165) is 37.9 Å². The van der Waals surface area contributed by atoms with E-state index in [1.807, 2.05) is 72.8 Å². The monoisotopic (exact) mass is 1010 g/mol. The van der Waals surface area contributed by atoms with Crippen LogP contribution in [-0.4, -0.2) is 89.4 Å². The number of aryl methyl sites for hydroxylation is 1. The van der Waals surface area contributed by atoms with Gasteiger partial charge in [0.15, 0.2) is 6.29 Å². The zero-order valence-corrected chi connectivity index (χ0v) is 45.0. The van der Waals surface area contributed by atoms with E-state index in [9.17, 15) is 9.59 Å². The van der Waals surface area contributed by atoms with E-state index in [-0.39, 0.29) is 48.3 Å². The third kappa shape index (κ3) is 11.9. The molecule has 3 aliphatic heterocycles. The van der Waals surface area contributed by atoms with Gasteiger partial charge in [0.1, 0.15) is 43.0 Å². The molecule has 0 radical (unpaired) electrons. The van der Waals surface area contributed by atoms with Crippen molar-refractivity contribution in [3.8, 4) is 0 Å². The summed E-state index contributed by atoms with van der Waals surface area (Å²) in [4.78, 5) is 30.6. The number of amides is 1. The Hall–Kier alpha value is -4.36. The molecule has 3 heterocycles. The summed E-state index contributed by atoms with van der Waals surface area (Å²) in [6.07, 6.45) is -3.26. The van der Waals surface area contributed by atoms with Crippen LogP contribution in [0.4, 0.5) is 4.79 Å². The summed E-state index contributed by atoms with van der Waals surface area (Å²) >= 11 is 1.60. The molecule has 7 atom stereocenters. The summed E-state index contributed by atoms with van der Waals surface area (Å²) in [5.41, 5.74) is 3.82. The van der Waals surface area contributed by atoms with Gasteiger partial charge >= 0.3 is 29.2 Å². The van der Waals surface area contributed by atoms with Crippen LogP contribution in [0.5, 0.6) is 0 Å². The fraction of sp³-hybridized carbons (Fsp3) is 0.464. The highest BCUT2D eigenvalue weighted by Gasteiger charge is 2.62. The van der Waals surface area contributed by atoms with Gasteiger partial charge in [-0.1, -0.05) is 188 Å². The van der Waals surface area contributed by atoms with Crippen molar-refractivity contribution >= 4 is 51.7 Å².